The quantitative estimate of drug-likeness (QED) is 0.528. The average molecular weight is 237 g/mol. The first-order valence-electron chi connectivity index (χ1n) is 5.34. The van der Waals surface area contributed by atoms with E-state index in [1.54, 1.807) is 13.4 Å². The highest BCUT2D eigenvalue weighted by Crippen LogP contribution is 1.84. The monoisotopic (exact) mass is 237 g/mol. The summed E-state index contributed by atoms with van der Waals surface area (Å²) in [6.07, 6.45) is 3.65. The van der Waals surface area contributed by atoms with Crippen molar-refractivity contribution in [2.24, 2.45) is 0 Å². The van der Waals surface area contributed by atoms with E-state index in [1.165, 1.54) is 0 Å². The topological polar surface area (TPSA) is 47.6 Å². The smallest absolute Gasteiger partial charge is 0.0590 e. The summed E-state index contributed by atoms with van der Waals surface area (Å²) in [5, 5.41) is 3.24. The third-order valence-corrected chi connectivity index (χ3v) is 2.71. The maximum atomic E-state index is 10.7. The molecule has 0 fully saturated rings. The summed E-state index contributed by atoms with van der Waals surface area (Å²) in [6.45, 7) is 4.04. The second kappa shape index (κ2) is 12.1. The molecular formula is C10H23NO3S. The molecule has 0 aromatic heterocycles. The number of ether oxygens (including phenoxy) is 2. The van der Waals surface area contributed by atoms with Gasteiger partial charge in [0.1, 0.15) is 0 Å². The first-order valence-corrected chi connectivity index (χ1v) is 7.07. The third-order valence-electron chi connectivity index (χ3n) is 1.85. The fraction of sp³-hybridized carbons (Fsp3) is 1.00. The summed E-state index contributed by atoms with van der Waals surface area (Å²) < 4.78 is 21.0. The van der Waals surface area contributed by atoms with Gasteiger partial charge in [-0.3, -0.25) is 4.21 Å². The Balaban J connectivity index is 2.89. The molecule has 0 aliphatic rings. The van der Waals surface area contributed by atoms with Crippen molar-refractivity contribution in [3.8, 4) is 0 Å². The van der Waals surface area contributed by atoms with Gasteiger partial charge in [0.2, 0.25) is 0 Å². The molecule has 0 aromatic carbocycles. The highest BCUT2D eigenvalue weighted by atomic mass is 32.2. The zero-order valence-electron chi connectivity index (χ0n) is 9.79. The van der Waals surface area contributed by atoms with Gasteiger partial charge >= 0.3 is 0 Å². The van der Waals surface area contributed by atoms with Crippen molar-refractivity contribution < 1.29 is 13.7 Å². The van der Waals surface area contributed by atoms with E-state index in [2.05, 4.69) is 5.32 Å². The zero-order valence-corrected chi connectivity index (χ0v) is 10.6. The Hall–Kier alpha value is 0.0300. The predicted molar refractivity (Wildman–Crippen MR) is 63.7 cm³/mol. The second-order valence-electron chi connectivity index (χ2n) is 3.34. The largest absolute Gasteiger partial charge is 0.385 e. The second-order valence-corrected chi connectivity index (χ2v) is 4.89. The summed E-state index contributed by atoms with van der Waals surface area (Å²) in [6, 6.07) is 0. The molecule has 5 heteroatoms. The fourth-order valence-corrected chi connectivity index (χ4v) is 1.63. The maximum absolute atomic E-state index is 10.7. The molecule has 1 N–H and O–H groups in total. The van der Waals surface area contributed by atoms with Gasteiger partial charge < -0.3 is 14.8 Å². The first kappa shape index (κ1) is 15.0. The Morgan fingerprint density at radius 3 is 2.60 bits per heavy atom. The predicted octanol–water partition coefficient (Wildman–Crippen LogP) is 0.398. The molecule has 0 aromatic rings. The summed E-state index contributed by atoms with van der Waals surface area (Å²) in [5.41, 5.74) is 0. The van der Waals surface area contributed by atoms with Crippen LogP contribution in [0.25, 0.3) is 0 Å². The van der Waals surface area contributed by atoms with Crippen LogP contribution < -0.4 is 5.32 Å². The van der Waals surface area contributed by atoms with Gasteiger partial charge in [0.15, 0.2) is 0 Å². The van der Waals surface area contributed by atoms with Crippen LogP contribution in [0, 0.1) is 0 Å². The van der Waals surface area contributed by atoms with Crippen molar-refractivity contribution in [2.45, 2.75) is 12.8 Å². The van der Waals surface area contributed by atoms with Gasteiger partial charge in [0.05, 0.1) is 6.61 Å². The van der Waals surface area contributed by atoms with E-state index in [9.17, 15) is 4.21 Å². The molecule has 0 radical (unpaired) electrons. The number of rotatable bonds is 11. The van der Waals surface area contributed by atoms with Crippen LogP contribution in [0.2, 0.25) is 0 Å². The van der Waals surface area contributed by atoms with E-state index in [0.717, 1.165) is 51.5 Å². The van der Waals surface area contributed by atoms with Gasteiger partial charge in [-0.2, -0.15) is 0 Å². The van der Waals surface area contributed by atoms with Crippen LogP contribution in [0.3, 0.4) is 0 Å². The molecule has 0 amide bonds. The lowest BCUT2D eigenvalue weighted by Crippen LogP contribution is -2.22. The Bertz CT molecular complexity index is 156. The highest BCUT2D eigenvalue weighted by molar-refractivity contribution is 7.84. The minimum absolute atomic E-state index is 0.663. The molecule has 0 spiro atoms. The SMILES string of the molecule is COCCCOCCNCCCS(C)=O. The van der Waals surface area contributed by atoms with Crippen LogP contribution in [0.1, 0.15) is 12.8 Å². The molecule has 0 heterocycles. The summed E-state index contributed by atoms with van der Waals surface area (Å²) in [4.78, 5) is 0. The molecule has 92 valence electrons. The van der Waals surface area contributed by atoms with Crippen molar-refractivity contribution in [3.63, 3.8) is 0 Å². The van der Waals surface area contributed by atoms with E-state index < -0.39 is 10.8 Å². The fourth-order valence-electron chi connectivity index (χ4n) is 1.08. The van der Waals surface area contributed by atoms with Crippen molar-refractivity contribution in [2.75, 3.05) is 52.0 Å². The summed E-state index contributed by atoms with van der Waals surface area (Å²) in [7, 11) is 1.03. The Morgan fingerprint density at radius 2 is 1.93 bits per heavy atom. The molecule has 0 aliphatic heterocycles. The number of methoxy groups -OCH3 is 1. The molecule has 0 bridgehead atoms. The van der Waals surface area contributed by atoms with Crippen LogP contribution >= 0.6 is 0 Å². The van der Waals surface area contributed by atoms with Crippen LogP contribution in [-0.4, -0.2) is 56.2 Å². The van der Waals surface area contributed by atoms with E-state index in [0.29, 0.717) is 0 Å². The van der Waals surface area contributed by atoms with Crippen LogP contribution in [-0.2, 0) is 20.3 Å². The lowest BCUT2D eigenvalue weighted by molar-refractivity contribution is 0.104. The van der Waals surface area contributed by atoms with Gasteiger partial charge in [-0.25, -0.2) is 0 Å². The minimum Gasteiger partial charge on any atom is -0.385 e. The lowest BCUT2D eigenvalue weighted by atomic mass is 10.4. The summed E-state index contributed by atoms with van der Waals surface area (Å²) >= 11 is 0. The number of hydrogen-bond donors (Lipinski definition) is 1. The van der Waals surface area contributed by atoms with Gasteiger partial charge in [-0.1, -0.05) is 0 Å². The Labute approximate surface area is 95.2 Å². The summed E-state index contributed by atoms with van der Waals surface area (Å²) in [5.74, 6) is 0.779. The van der Waals surface area contributed by atoms with E-state index >= 15 is 0 Å². The molecule has 0 aliphatic carbocycles. The van der Waals surface area contributed by atoms with Crippen LogP contribution in [0.15, 0.2) is 0 Å². The zero-order chi connectivity index (χ0) is 11.4. The van der Waals surface area contributed by atoms with Crippen molar-refractivity contribution in [3.05, 3.63) is 0 Å². The van der Waals surface area contributed by atoms with Crippen LogP contribution in [0.5, 0.6) is 0 Å². The van der Waals surface area contributed by atoms with Gasteiger partial charge in [0, 0.05) is 49.7 Å². The molecule has 15 heavy (non-hydrogen) atoms. The van der Waals surface area contributed by atoms with Gasteiger partial charge in [0.25, 0.3) is 0 Å². The molecule has 0 saturated heterocycles. The first-order chi connectivity index (χ1) is 7.27. The van der Waals surface area contributed by atoms with E-state index in [-0.39, 0.29) is 0 Å². The molecular weight excluding hydrogens is 214 g/mol. The van der Waals surface area contributed by atoms with Gasteiger partial charge in [-0.15, -0.1) is 0 Å². The van der Waals surface area contributed by atoms with Crippen molar-refractivity contribution >= 4 is 10.8 Å². The van der Waals surface area contributed by atoms with Crippen molar-refractivity contribution in [1.82, 2.24) is 5.32 Å². The number of hydrogen-bond acceptors (Lipinski definition) is 4. The Morgan fingerprint density at radius 1 is 1.13 bits per heavy atom. The van der Waals surface area contributed by atoms with Gasteiger partial charge in [-0.05, 0) is 19.4 Å². The third kappa shape index (κ3) is 14.0. The average Bonchev–Trinajstić information content (AvgIpc) is 2.20. The lowest BCUT2D eigenvalue weighted by Gasteiger charge is -2.05. The highest BCUT2D eigenvalue weighted by Gasteiger charge is 1.92. The normalized spacial score (nSPS) is 12.9. The molecule has 4 nitrogen and oxygen atoms in total. The molecule has 1 atom stereocenters. The molecule has 0 saturated carbocycles. The Kier molecular flexibility index (Phi) is 12.1. The van der Waals surface area contributed by atoms with E-state index in [1.807, 2.05) is 0 Å². The molecule has 1 unspecified atom stereocenters. The molecule has 0 rings (SSSR count). The van der Waals surface area contributed by atoms with E-state index in [4.69, 9.17) is 9.47 Å². The standard InChI is InChI=1S/C10H23NO3S/c1-13-7-4-8-14-9-6-11-5-3-10-15(2)12/h11H,3-10H2,1-2H3. The maximum Gasteiger partial charge on any atom is 0.0590 e. The number of nitrogens with one attached hydrogen (secondary N) is 1. The van der Waals surface area contributed by atoms with Crippen molar-refractivity contribution in [1.29, 1.82) is 0 Å². The van der Waals surface area contributed by atoms with Crippen LogP contribution in [0.4, 0.5) is 0 Å². The minimum atomic E-state index is -0.663.